The first-order valence-electron chi connectivity index (χ1n) is 10.4. The van der Waals surface area contributed by atoms with Crippen molar-refractivity contribution in [3.05, 3.63) is 39.3 Å². The molecule has 0 aromatic carbocycles. The SMILES string of the molecule is C[C@@H]([SiH2]O)c1cc(F)c(/S(N)=N/C(=O)Nc2c3c(nc4c2CCC42CC2)CCC3)s1. The van der Waals surface area contributed by atoms with Gasteiger partial charge in [0.25, 0.3) is 0 Å². The van der Waals surface area contributed by atoms with Crippen LogP contribution in [0.2, 0.25) is 0 Å². The minimum atomic E-state index is -1.37. The van der Waals surface area contributed by atoms with Crippen LogP contribution in [-0.4, -0.2) is 25.6 Å². The van der Waals surface area contributed by atoms with E-state index in [0.717, 1.165) is 53.9 Å². The predicted molar refractivity (Wildman–Crippen MR) is 120 cm³/mol. The highest BCUT2D eigenvalue weighted by molar-refractivity contribution is 7.87. The third-order valence-electron chi connectivity index (χ3n) is 6.57. The summed E-state index contributed by atoms with van der Waals surface area (Å²) >= 11 is 1.20. The number of rotatable bonds is 4. The minimum Gasteiger partial charge on any atom is -0.438 e. The van der Waals surface area contributed by atoms with E-state index in [2.05, 4.69) is 9.68 Å². The fourth-order valence-corrected chi connectivity index (χ4v) is 7.50. The summed E-state index contributed by atoms with van der Waals surface area (Å²) in [6.07, 6.45) is 7.33. The zero-order valence-electron chi connectivity index (χ0n) is 16.8. The number of nitrogens with one attached hydrogen (secondary N) is 1. The molecule has 2 aromatic rings. The van der Waals surface area contributed by atoms with Gasteiger partial charge in [-0.15, -0.1) is 11.3 Å². The second-order valence-electron chi connectivity index (χ2n) is 8.58. The lowest BCUT2D eigenvalue weighted by Crippen LogP contribution is -2.16. The Labute approximate surface area is 183 Å². The van der Waals surface area contributed by atoms with Crippen LogP contribution in [0.3, 0.4) is 0 Å². The Hall–Kier alpha value is -1.46. The molecule has 0 aliphatic heterocycles. The summed E-state index contributed by atoms with van der Waals surface area (Å²) in [6.45, 7) is 1.87. The number of hydrogen-bond donors (Lipinski definition) is 3. The quantitative estimate of drug-likeness (QED) is 0.605. The van der Waals surface area contributed by atoms with Crippen LogP contribution >= 0.6 is 11.3 Å². The van der Waals surface area contributed by atoms with Gasteiger partial charge in [0.2, 0.25) is 0 Å². The fraction of sp³-hybridized carbons (Fsp3) is 0.500. The maximum atomic E-state index is 14.4. The smallest absolute Gasteiger partial charge is 0.352 e. The van der Waals surface area contributed by atoms with Crippen LogP contribution in [0.1, 0.15) is 65.5 Å². The molecule has 2 heterocycles. The molecule has 0 bridgehead atoms. The normalized spacial score (nSPS) is 20.7. The summed E-state index contributed by atoms with van der Waals surface area (Å²) in [5, 5.41) is 9.09. The van der Waals surface area contributed by atoms with Gasteiger partial charge in [-0.1, -0.05) is 6.92 Å². The molecule has 2 amide bonds. The van der Waals surface area contributed by atoms with Crippen LogP contribution < -0.4 is 10.5 Å². The van der Waals surface area contributed by atoms with Crippen LogP contribution in [-0.2, 0) is 35.6 Å². The summed E-state index contributed by atoms with van der Waals surface area (Å²) in [4.78, 5) is 27.9. The van der Waals surface area contributed by atoms with Gasteiger partial charge in [-0.05, 0) is 62.1 Å². The Balaban J connectivity index is 1.44. The van der Waals surface area contributed by atoms with E-state index in [1.807, 2.05) is 6.92 Å². The zero-order chi connectivity index (χ0) is 21.0. The molecule has 1 spiro atoms. The van der Waals surface area contributed by atoms with Crippen molar-refractivity contribution in [1.29, 1.82) is 0 Å². The molecule has 0 radical (unpaired) electrons. The predicted octanol–water partition coefficient (Wildman–Crippen LogP) is 3.15. The molecular weight excluding hydrogens is 439 g/mol. The molecule has 1 saturated carbocycles. The Bertz CT molecular complexity index is 1080. The summed E-state index contributed by atoms with van der Waals surface area (Å²) in [5.74, 6) is -0.451. The van der Waals surface area contributed by atoms with Gasteiger partial charge in [0.1, 0.15) is 10.0 Å². The first-order chi connectivity index (χ1) is 14.4. The van der Waals surface area contributed by atoms with Crippen LogP contribution in [0, 0.1) is 5.82 Å². The molecule has 2 aromatic heterocycles. The number of thiophene rings is 1. The summed E-state index contributed by atoms with van der Waals surface area (Å²) in [6, 6.07) is 0.880. The maximum absolute atomic E-state index is 14.4. The molecule has 30 heavy (non-hydrogen) atoms. The van der Waals surface area contributed by atoms with Gasteiger partial charge in [0.05, 0.1) is 11.4 Å². The van der Waals surface area contributed by atoms with E-state index in [-0.39, 0.29) is 15.2 Å². The first kappa shape index (κ1) is 20.4. The highest BCUT2D eigenvalue weighted by atomic mass is 32.2. The number of nitrogens with zero attached hydrogens (tertiary/aromatic N) is 2. The third-order valence-corrected chi connectivity index (χ3v) is 10.7. The number of halogens is 1. The van der Waals surface area contributed by atoms with Crippen molar-refractivity contribution in [2.75, 3.05) is 5.32 Å². The van der Waals surface area contributed by atoms with Crippen LogP contribution in [0.15, 0.2) is 14.6 Å². The Morgan fingerprint density at radius 2 is 2.20 bits per heavy atom. The van der Waals surface area contributed by atoms with E-state index < -0.39 is 32.5 Å². The van der Waals surface area contributed by atoms with Crippen molar-refractivity contribution in [2.24, 2.45) is 9.50 Å². The van der Waals surface area contributed by atoms with E-state index in [0.29, 0.717) is 0 Å². The lowest BCUT2D eigenvalue weighted by Gasteiger charge is -2.16. The molecule has 6 nitrogen and oxygen atoms in total. The number of anilines is 1. The van der Waals surface area contributed by atoms with Gasteiger partial charge in [-0.2, -0.15) is 4.36 Å². The summed E-state index contributed by atoms with van der Waals surface area (Å²) < 4.78 is 18.7. The van der Waals surface area contributed by atoms with Crippen LogP contribution in [0.5, 0.6) is 0 Å². The lowest BCUT2D eigenvalue weighted by atomic mass is 10.0. The maximum Gasteiger partial charge on any atom is 0.352 e. The van der Waals surface area contributed by atoms with E-state index in [1.54, 1.807) is 0 Å². The monoisotopic (exact) mass is 464 g/mol. The Morgan fingerprint density at radius 3 is 2.93 bits per heavy atom. The number of amides is 2. The number of aromatic nitrogens is 1. The van der Waals surface area contributed by atoms with E-state index in [4.69, 9.17) is 10.1 Å². The number of carbonyl (C=O) groups excluding carboxylic acids is 1. The molecule has 3 aliphatic carbocycles. The van der Waals surface area contributed by atoms with Crippen molar-refractivity contribution >= 4 is 43.7 Å². The molecule has 5 rings (SSSR count). The van der Waals surface area contributed by atoms with Gasteiger partial charge >= 0.3 is 6.03 Å². The number of pyridine rings is 1. The summed E-state index contributed by atoms with van der Waals surface area (Å²) in [5.41, 5.74) is 5.68. The minimum absolute atomic E-state index is 0.0409. The standard InChI is InChI=1S/C20H25FN4O2S2Si/c1-10(30-27)15-9-13(21)18(28-15)29(22)25-19(26)24-16-11-3-2-4-14(11)23-17-12(16)5-6-20(17)7-8-20/h9-10,27H,2-8,30H2,1H3,(H3,22,23,24,25,26)/t10-,29?/m1/s1. The van der Waals surface area contributed by atoms with Crippen molar-refractivity contribution in [2.45, 2.75) is 67.0 Å². The molecule has 160 valence electrons. The second-order valence-corrected chi connectivity index (χ2v) is 12.7. The topological polar surface area (TPSA) is 101 Å². The number of urea groups is 1. The van der Waals surface area contributed by atoms with E-state index in [1.165, 1.54) is 41.5 Å². The van der Waals surface area contributed by atoms with Gasteiger partial charge in [-0.25, -0.2) is 9.18 Å². The highest BCUT2D eigenvalue weighted by Crippen LogP contribution is 2.58. The van der Waals surface area contributed by atoms with Crippen LogP contribution in [0.4, 0.5) is 14.9 Å². The fourth-order valence-electron chi connectivity index (χ4n) is 4.68. The van der Waals surface area contributed by atoms with E-state index >= 15 is 0 Å². The Morgan fingerprint density at radius 1 is 1.40 bits per heavy atom. The van der Waals surface area contributed by atoms with Crippen molar-refractivity contribution in [3.8, 4) is 0 Å². The second kappa shape index (κ2) is 7.59. The van der Waals surface area contributed by atoms with Gasteiger partial charge in [0.15, 0.2) is 9.76 Å². The summed E-state index contributed by atoms with van der Waals surface area (Å²) in [7, 11) is -2.64. The van der Waals surface area contributed by atoms with Crippen molar-refractivity contribution in [3.63, 3.8) is 0 Å². The number of nitrogens with two attached hydrogens (primary N) is 1. The molecule has 10 heteroatoms. The molecular formula is C20H25FN4O2S2Si. The van der Waals surface area contributed by atoms with Crippen LogP contribution in [0.25, 0.3) is 0 Å². The van der Waals surface area contributed by atoms with Gasteiger partial charge in [-0.3, -0.25) is 10.1 Å². The molecule has 3 aliphatic rings. The van der Waals surface area contributed by atoms with Crippen molar-refractivity contribution in [1.82, 2.24) is 4.98 Å². The zero-order valence-corrected chi connectivity index (χ0v) is 19.9. The number of hydrogen-bond acceptors (Lipinski definition) is 4. The number of fused-ring (bicyclic) bond motifs is 3. The average molecular weight is 465 g/mol. The van der Waals surface area contributed by atoms with Gasteiger partial charge < -0.3 is 10.1 Å². The highest BCUT2D eigenvalue weighted by Gasteiger charge is 2.51. The first-order valence-corrected chi connectivity index (χ1v) is 13.9. The van der Waals surface area contributed by atoms with Gasteiger partial charge in [0, 0.05) is 32.4 Å². The number of carbonyl (C=O) groups is 1. The lowest BCUT2D eigenvalue weighted by molar-refractivity contribution is 0.260. The average Bonchev–Trinajstić information content (AvgIpc) is 3.03. The molecule has 1 fully saturated rings. The Kier molecular flexibility index (Phi) is 5.17. The number of aryl methyl sites for hydroxylation is 1. The molecule has 0 saturated heterocycles. The molecule has 1 unspecified atom stereocenters. The molecule has 4 N–H and O–H groups in total. The third kappa shape index (κ3) is 3.38. The van der Waals surface area contributed by atoms with E-state index in [9.17, 15) is 14.0 Å². The molecule has 2 atom stereocenters. The largest absolute Gasteiger partial charge is 0.438 e. The van der Waals surface area contributed by atoms with Crippen molar-refractivity contribution < 1.29 is 14.0 Å².